The summed E-state index contributed by atoms with van der Waals surface area (Å²) in [7, 11) is -2.39. The van der Waals surface area contributed by atoms with Crippen molar-refractivity contribution >= 4 is 31.9 Å². The molecule has 0 aromatic carbocycles. The molecule has 0 saturated heterocycles. The van der Waals surface area contributed by atoms with E-state index >= 15 is 0 Å². The van der Waals surface area contributed by atoms with Crippen molar-refractivity contribution in [3.05, 3.63) is 40.5 Å². The number of halogens is 1. The molecule has 0 spiro atoms. The first kappa shape index (κ1) is 16.8. The van der Waals surface area contributed by atoms with Gasteiger partial charge in [-0.25, -0.2) is 13.2 Å². The number of hydrogen-bond donors (Lipinski definition) is 1. The second-order valence-corrected chi connectivity index (χ2v) is 7.45. The van der Waals surface area contributed by atoms with Crippen molar-refractivity contribution in [2.75, 3.05) is 7.05 Å². The van der Waals surface area contributed by atoms with Gasteiger partial charge in [0.2, 0.25) is 10.0 Å². The number of furan rings is 1. The summed E-state index contributed by atoms with van der Waals surface area (Å²) in [4.78, 5) is 11.1. The molecule has 0 aliphatic heterocycles. The first-order valence-corrected chi connectivity index (χ1v) is 8.63. The van der Waals surface area contributed by atoms with Gasteiger partial charge in [0.1, 0.15) is 16.3 Å². The molecule has 7 nitrogen and oxygen atoms in total. The Kier molecular flexibility index (Phi) is 4.78. The van der Waals surface area contributed by atoms with Crippen LogP contribution < -0.4 is 0 Å². The maximum atomic E-state index is 12.5. The second kappa shape index (κ2) is 6.27. The minimum absolute atomic E-state index is 0.0492. The predicted octanol–water partition coefficient (Wildman–Crippen LogP) is 2.38. The summed E-state index contributed by atoms with van der Waals surface area (Å²) >= 11 is 3.15. The zero-order chi connectivity index (χ0) is 16.5. The summed E-state index contributed by atoms with van der Waals surface area (Å²) in [6.45, 7) is 2.16. The van der Waals surface area contributed by atoms with Crippen molar-refractivity contribution in [3.8, 4) is 0 Å². The maximum absolute atomic E-state index is 12.5. The molecule has 2 aromatic heterocycles. The molecule has 0 unspecified atom stereocenters. The fourth-order valence-corrected chi connectivity index (χ4v) is 3.50. The highest BCUT2D eigenvalue weighted by molar-refractivity contribution is 9.10. The molecule has 22 heavy (non-hydrogen) atoms. The van der Waals surface area contributed by atoms with Gasteiger partial charge in [-0.2, -0.15) is 4.31 Å². The van der Waals surface area contributed by atoms with E-state index in [1.54, 1.807) is 19.1 Å². The lowest BCUT2D eigenvalue weighted by atomic mass is 10.4. The quantitative estimate of drug-likeness (QED) is 0.816. The number of carboxylic acid groups (broad SMARTS) is 1. The smallest absolute Gasteiger partial charge is 0.352 e. The minimum Gasteiger partial charge on any atom is -0.477 e. The number of carbonyl (C=O) groups is 1. The summed E-state index contributed by atoms with van der Waals surface area (Å²) in [5.74, 6) is -0.688. The van der Waals surface area contributed by atoms with Crippen LogP contribution in [0, 0.1) is 0 Å². The minimum atomic E-state index is -3.80. The number of hydrogen-bond acceptors (Lipinski definition) is 4. The van der Waals surface area contributed by atoms with E-state index in [0.717, 1.165) is 10.4 Å². The standard InChI is InChI=1S/C13H15BrN2O5S/c1-3-16-8-10(6-11(16)13(17)18)22(19,20)15(2)7-9-4-5-12(14)21-9/h4-6,8H,3,7H2,1-2H3,(H,17,18). The predicted molar refractivity (Wildman–Crippen MR) is 82.1 cm³/mol. The van der Waals surface area contributed by atoms with Gasteiger partial charge in [-0.1, -0.05) is 0 Å². The third kappa shape index (κ3) is 3.26. The van der Waals surface area contributed by atoms with Crippen LogP contribution in [0.15, 0.2) is 38.4 Å². The van der Waals surface area contributed by atoms with Gasteiger partial charge in [-0.15, -0.1) is 0 Å². The maximum Gasteiger partial charge on any atom is 0.352 e. The van der Waals surface area contributed by atoms with E-state index in [0.29, 0.717) is 17.0 Å². The number of aromatic nitrogens is 1. The van der Waals surface area contributed by atoms with E-state index < -0.39 is 16.0 Å². The highest BCUT2D eigenvalue weighted by Crippen LogP contribution is 2.22. The van der Waals surface area contributed by atoms with E-state index in [2.05, 4.69) is 15.9 Å². The summed E-state index contributed by atoms with van der Waals surface area (Å²) in [5.41, 5.74) is -0.0600. The van der Waals surface area contributed by atoms with Crippen molar-refractivity contribution < 1.29 is 22.7 Å². The zero-order valence-corrected chi connectivity index (χ0v) is 14.4. The number of carboxylic acids is 1. The van der Waals surface area contributed by atoms with Crippen LogP contribution in [-0.4, -0.2) is 35.4 Å². The molecule has 2 rings (SSSR count). The molecule has 0 atom stereocenters. The average molecular weight is 391 g/mol. The lowest BCUT2D eigenvalue weighted by Gasteiger charge is -2.14. The molecule has 0 aliphatic rings. The van der Waals surface area contributed by atoms with Gasteiger partial charge in [-0.3, -0.25) is 0 Å². The van der Waals surface area contributed by atoms with Crippen LogP contribution >= 0.6 is 15.9 Å². The monoisotopic (exact) mass is 390 g/mol. The summed E-state index contributed by atoms with van der Waals surface area (Å²) in [6, 6.07) is 4.50. The number of rotatable bonds is 6. The molecule has 2 heterocycles. The fraction of sp³-hybridized carbons (Fsp3) is 0.308. The van der Waals surface area contributed by atoms with Gasteiger partial charge in [0, 0.05) is 19.8 Å². The third-order valence-electron chi connectivity index (χ3n) is 3.15. The largest absolute Gasteiger partial charge is 0.477 e. The Bertz CT molecular complexity index is 793. The number of nitrogens with zero attached hydrogens (tertiary/aromatic N) is 2. The molecule has 9 heteroatoms. The van der Waals surface area contributed by atoms with E-state index in [9.17, 15) is 13.2 Å². The lowest BCUT2D eigenvalue weighted by molar-refractivity contribution is 0.0685. The van der Waals surface area contributed by atoms with Crippen molar-refractivity contribution in [3.63, 3.8) is 0 Å². The van der Waals surface area contributed by atoms with Crippen LogP contribution in [0.25, 0.3) is 0 Å². The highest BCUT2D eigenvalue weighted by atomic mass is 79.9. The molecule has 0 bridgehead atoms. The molecule has 2 aromatic rings. The second-order valence-electron chi connectivity index (χ2n) is 4.62. The van der Waals surface area contributed by atoms with Crippen LogP contribution in [0.3, 0.4) is 0 Å². The van der Waals surface area contributed by atoms with Gasteiger partial charge >= 0.3 is 5.97 Å². The highest BCUT2D eigenvalue weighted by Gasteiger charge is 2.26. The van der Waals surface area contributed by atoms with E-state index in [-0.39, 0.29) is 17.1 Å². The van der Waals surface area contributed by atoms with E-state index in [1.165, 1.54) is 17.8 Å². The third-order valence-corrected chi connectivity index (χ3v) is 5.34. The average Bonchev–Trinajstić information content (AvgIpc) is 3.05. The lowest BCUT2D eigenvalue weighted by Crippen LogP contribution is -2.26. The van der Waals surface area contributed by atoms with E-state index in [4.69, 9.17) is 9.52 Å². The van der Waals surface area contributed by atoms with Crippen LogP contribution in [0.2, 0.25) is 0 Å². The Balaban J connectivity index is 2.31. The molecule has 0 saturated carbocycles. The first-order valence-electron chi connectivity index (χ1n) is 6.39. The Morgan fingerprint density at radius 3 is 2.59 bits per heavy atom. The van der Waals surface area contributed by atoms with Gasteiger partial charge in [0.25, 0.3) is 0 Å². The number of aryl methyl sites for hydroxylation is 1. The summed E-state index contributed by atoms with van der Waals surface area (Å²) < 4.78 is 33.3. The van der Waals surface area contributed by atoms with Crippen molar-refractivity contribution in [1.82, 2.24) is 8.87 Å². The Labute approximate surface area is 136 Å². The van der Waals surface area contributed by atoms with Crippen molar-refractivity contribution in [2.45, 2.75) is 24.9 Å². The number of aromatic carboxylic acids is 1. The van der Waals surface area contributed by atoms with Crippen molar-refractivity contribution in [1.29, 1.82) is 0 Å². The molecule has 0 radical (unpaired) electrons. The van der Waals surface area contributed by atoms with Crippen LogP contribution in [0.5, 0.6) is 0 Å². The molecule has 0 aliphatic carbocycles. The summed E-state index contributed by atoms with van der Waals surface area (Å²) in [5, 5.41) is 9.10. The Morgan fingerprint density at radius 2 is 2.14 bits per heavy atom. The topological polar surface area (TPSA) is 92.8 Å². The molecule has 0 amide bonds. The molecule has 0 fully saturated rings. The number of sulfonamides is 1. The molecular formula is C13H15BrN2O5S. The first-order chi connectivity index (χ1) is 10.3. The Morgan fingerprint density at radius 1 is 1.45 bits per heavy atom. The molecule has 120 valence electrons. The van der Waals surface area contributed by atoms with Crippen LogP contribution in [-0.2, 0) is 23.1 Å². The van der Waals surface area contributed by atoms with E-state index in [1.807, 2.05) is 0 Å². The van der Waals surface area contributed by atoms with Crippen LogP contribution in [0.1, 0.15) is 23.2 Å². The fourth-order valence-electron chi connectivity index (χ4n) is 1.99. The van der Waals surface area contributed by atoms with Gasteiger partial charge < -0.3 is 14.1 Å². The Hall–Kier alpha value is -1.58. The van der Waals surface area contributed by atoms with Gasteiger partial charge in [-0.05, 0) is 41.1 Å². The van der Waals surface area contributed by atoms with Gasteiger partial charge in [0.15, 0.2) is 4.67 Å². The van der Waals surface area contributed by atoms with Crippen molar-refractivity contribution in [2.24, 2.45) is 0 Å². The molecule has 1 N–H and O–H groups in total. The summed E-state index contributed by atoms with van der Waals surface area (Å²) in [6.07, 6.45) is 1.33. The normalized spacial score (nSPS) is 12.0. The molecular weight excluding hydrogens is 376 g/mol. The van der Waals surface area contributed by atoms with Crippen LogP contribution in [0.4, 0.5) is 0 Å². The van der Waals surface area contributed by atoms with Gasteiger partial charge in [0.05, 0.1) is 6.54 Å². The SMILES string of the molecule is CCn1cc(S(=O)(=O)N(C)Cc2ccc(Br)o2)cc1C(=O)O. The zero-order valence-electron chi connectivity index (χ0n) is 12.0.